The maximum atomic E-state index is 13.7. The van der Waals surface area contributed by atoms with Crippen molar-refractivity contribution >= 4 is 5.91 Å². The first-order valence-electron chi connectivity index (χ1n) is 7.76. The molecule has 1 amide bonds. The van der Waals surface area contributed by atoms with Crippen LogP contribution in [0.1, 0.15) is 36.5 Å². The van der Waals surface area contributed by atoms with Crippen LogP contribution in [0, 0.1) is 5.82 Å². The normalized spacial score (nSPS) is 30.4. The summed E-state index contributed by atoms with van der Waals surface area (Å²) < 4.78 is 19.5. The summed E-state index contributed by atoms with van der Waals surface area (Å²) in [6, 6.07) is 1.38. The Morgan fingerprint density at radius 3 is 2.78 bits per heavy atom. The molecule has 2 N–H and O–H groups in total. The second-order valence-corrected chi connectivity index (χ2v) is 6.69. The quantitative estimate of drug-likeness (QED) is 0.796. The number of likely N-dealkylation sites (tertiary alicyclic amines) is 1. The van der Waals surface area contributed by atoms with Crippen LogP contribution in [0.15, 0.2) is 18.5 Å². The van der Waals surface area contributed by atoms with Crippen LogP contribution in [0.4, 0.5) is 4.39 Å². The first kappa shape index (κ1) is 16.3. The number of ether oxygens (including phenoxy) is 1. The van der Waals surface area contributed by atoms with E-state index in [0.717, 1.165) is 6.20 Å². The summed E-state index contributed by atoms with van der Waals surface area (Å²) in [6.45, 7) is 2.53. The van der Waals surface area contributed by atoms with Crippen molar-refractivity contribution in [3.05, 3.63) is 29.8 Å². The van der Waals surface area contributed by atoms with E-state index in [-0.39, 0.29) is 18.1 Å². The molecule has 2 aliphatic heterocycles. The maximum Gasteiger partial charge on any atom is 0.256 e. The van der Waals surface area contributed by atoms with E-state index < -0.39 is 23.1 Å². The number of rotatable bonds is 1. The predicted octanol–water partition coefficient (Wildman–Crippen LogP) is 0.728. The molecule has 2 aliphatic rings. The van der Waals surface area contributed by atoms with Crippen molar-refractivity contribution in [2.75, 3.05) is 19.7 Å². The van der Waals surface area contributed by atoms with Crippen molar-refractivity contribution < 1.29 is 24.1 Å². The highest BCUT2D eigenvalue weighted by Crippen LogP contribution is 2.39. The van der Waals surface area contributed by atoms with Gasteiger partial charge in [-0.25, -0.2) is 4.39 Å². The summed E-state index contributed by atoms with van der Waals surface area (Å²) in [4.78, 5) is 17.6. The molecular weight excluding hydrogens is 303 g/mol. The van der Waals surface area contributed by atoms with Gasteiger partial charge in [0.2, 0.25) is 0 Å². The summed E-state index contributed by atoms with van der Waals surface area (Å²) in [5.74, 6) is -0.986. The third kappa shape index (κ3) is 3.08. The number of carbonyl (C=O) groups excluding carboxylic acids is 1. The Labute approximate surface area is 133 Å². The van der Waals surface area contributed by atoms with Crippen molar-refractivity contribution in [2.24, 2.45) is 0 Å². The summed E-state index contributed by atoms with van der Waals surface area (Å²) in [6.07, 6.45) is 2.94. The van der Waals surface area contributed by atoms with Gasteiger partial charge in [0.1, 0.15) is 6.10 Å². The van der Waals surface area contributed by atoms with E-state index in [1.54, 1.807) is 11.8 Å². The zero-order valence-corrected chi connectivity index (χ0v) is 13.0. The molecule has 2 saturated heterocycles. The lowest BCUT2D eigenvalue weighted by Crippen LogP contribution is -2.59. The van der Waals surface area contributed by atoms with Gasteiger partial charge in [0.15, 0.2) is 5.82 Å². The van der Waals surface area contributed by atoms with Crippen LogP contribution < -0.4 is 0 Å². The lowest BCUT2D eigenvalue weighted by atomic mass is 9.76. The molecule has 2 fully saturated rings. The monoisotopic (exact) mass is 324 g/mol. The number of carbonyl (C=O) groups is 1. The summed E-state index contributed by atoms with van der Waals surface area (Å²) in [7, 11) is 0. The first-order chi connectivity index (χ1) is 10.8. The van der Waals surface area contributed by atoms with Crippen LogP contribution in [0.2, 0.25) is 0 Å². The zero-order valence-electron chi connectivity index (χ0n) is 13.0. The first-order valence-corrected chi connectivity index (χ1v) is 7.76. The summed E-state index contributed by atoms with van der Waals surface area (Å²) in [5, 5.41) is 20.1. The molecule has 0 unspecified atom stereocenters. The molecule has 3 heterocycles. The highest BCUT2D eigenvalue weighted by atomic mass is 19.1. The molecule has 0 aliphatic carbocycles. The van der Waals surface area contributed by atoms with E-state index in [1.165, 1.54) is 12.3 Å². The fourth-order valence-electron chi connectivity index (χ4n) is 3.41. The Morgan fingerprint density at radius 2 is 2.17 bits per heavy atom. The Kier molecular flexibility index (Phi) is 4.12. The van der Waals surface area contributed by atoms with Crippen LogP contribution in [0.25, 0.3) is 0 Å². The van der Waals surface area contributed by atoms with Gasteiger partial charge in [-0.2, -0.15) is 0 Å². The van der Waals surface area contributed by atoms with Gasteiger partial charge >= 0.3 is 0 Å². The molecule has 7 heteroatoms. The molecular formula is C16H21FN2O4. The molecule has 6 nitrogen and oxygen atoms in total. The molecule has 126 valence electrons. The lowest BCUT2D eigenvalue weighted by Gasteiger charge is -2.49. The number of hydrogen-bond donors (Lipinski definition) is 2. The van der Waals surface area contributed by atoms with Gasteiger partial charge in [-0.3, -0.25) is 9.78 Å². The predicted molar refractivity (Wildman–Crippen MR) is 79.3 cm³/mol. The molecule has 3 rings (SSSR count). The molecule has 0 aromatic carbocycles. The topological polar surface area (TPSA) is 82.9 Å². The van der Waals surface area contributed by atoms with Crippen molar-refractivity contribution in [3.63, 3.8) is 0 Å². The highest BCUT2D eigenvalue weighted by molar-refractivity contribution is 5.94. The average Bonchev–Trinajstić information content (AvgIpc) is 2.52. The Balaban J connectivity index is 1.67. The molecule has 1 spiro atoms. The van der Waals surface area contributed by atoms with E-state index >= 15 is 0 Å². The smallest absolute Gasteiger partial charge is 0.256 e. The minimum absolute atomic E-state index is 0.0166. The highest BCUT2D eigenvalue weighted by Gasteiger charge is 2.49. The maximum absolute atomic E-state index is 13.7. The summed E-state index contributed by atoms with van der Waals surface area (Å²) in [5.41, 5.74) is -1.71. The van der Waals surface area contributed by atoms with Gasteiger partial charge in [0.25, 0.3) is 5.91 Å². The van der Waals surface area contributed by atoms with Gasteiger partial charge in [0.05, 0.1) is 29.6 Å². The molecule has 0 saturated carbocycles. The van der Waals surface area contributed by atoms with Gasteiger partial charge < -0.3 is 19.8 Å². The molecule has 1 aromatic heterocycles. The number of aromatic nitrogens is 1. The number of pyridine rings is 1. The van der Waals surface area contributed by atoms with Gasteiger partial charge in [-0.1, -0.05) is 0 Å². The fraction of sp³-hybridized carbons (Fsp3) is 0.625. The molecule has 0 radical (unpaired) electrons. The summed E-state index contributed by atoms with van der Waals surface area (Å²) >= 11 is 0. The number of halogens is 1. The number of amides is 1. The van der Waals surface area contributed by atoms with Crippen molar-refractivity contribution in [1.82, 2.24) is 9.88 Å². The zero-order chi connectivity index (χ0) is 16.7. The van der Waals surface area contributed by atoms with Crippen LogP contribution in [-0.4, -0.2) is 63.0 Å². The van der Waals surface area contributed by atoms with Crippen molar-refractivity contribution in [2.45, 2.75) is 43.5 Å². The molecule has 0 bridgehead atoms. The number of nitrogens with zero attached hydrogens (tertiary/aromatic N) is 2. The van der Waals surface area contributed by atoms with Crippen LogP contribution in [-0.2, 0) is 4.74 Å². The second kappa shape index (κ2) is 5.81. The SMILES string of the molecule is C[C@]1(O)CC2(CCN(C(=O)c3ccncc3F)CC2)OC[C@@H]1O. The van der Waals surface area contributed by atoms with Gasteiger partial charge in [-0.05, 0) is 25.8 Å². The average molecular weight is 324 g/mol. The van der Waals surface area contributed by atoms with Gasteiger partial charge in [0, 0.05) is 25.7 Å². The Morgan fingerprint density at radius 1 is 1.48 bits per heavy atom. The van der Waals surface area contributed by atoms with Crippen molar-refractivity contribution in [1.29, 1.82) is 0 Å². The minimum Gasteiger partial charge on any atom is -0.388 e. The Bertz CT molecular complexity index is 599. The largest absolute Gasteiger partial charge is 0.388 e. The lowest BCUT2D eigenvalue weighted by molar-refractivity contribution is -0.221. The second-order valence-electron chi connectivity index (χ2n) is 6.69. The number of hydrogen-bond acceptors (Lipinski definition) is 5. The number of aliphatic hydroxyl groups is 2. The van der Waals surface area contributed by atoms with E-state index in [1.807, 2.05) is 0 Å². The van der Waals surface area contributed by atoms with E-state index in [2.05, 4.69) is 4.98 Å². The third-order valence-electron chi connectivity index (χ3n) is 4.91. The fourth-order valence-corrected chi connectivity index (χ4v) is 3.41. The van der Waals surface area contributed by atoms with Crippen LogP contribution in [0.3, 0.4) is 0 Å². The molecule has 2 atom stereocenters. The van der Waals surface area contributed by atoms with E-state index in [9.17, 15) is 19.4 Å². The number of aliphatic hydroxyl groups excluding tert-OH is 1. The molecule has 23 heavy (non-hydrogen) atoms. The minimum atomic E-state index is -1.19. The van der Waals surface area contributed by atoms with E-state index in [0.29, 0.717) is 32.4 Å². The van der Waals surface area contributed by atoms with Crippen LogP contribution >= 0.6 is 0 Å². The van der Waals surface area contributed by atoms with Gasteiger partial charge in [-0.15, -0.1) is 0 Å². The Hall–Kier alpha value is -1.57. The van der Waals surface area contributed by atoms with Crippen LogP contribution in [0.5, 0.6) is 0 Å². The van der Waals surface area contributed by atoms with Crippen molar-refractivity contribution in [3.8, 4) is 0 Å². The molecule has 1 aromatic rings. The standard InChI is InChI=1S/C16H21FN2O4/c1-15(22)10-16(23-9-13(15)20)3-6-19(7-4-16)14(21)11-2-5-18-8-12(11)17/h2,5,8,13,20,22H,3-4,6-7,9-10H2,1H3/t13-,15-/m0/s1. The van der Waals surface area contributed by atoms with E-state index in [4.69, 9.17) is 4.74 Å². The number of piperidine rings is 1. The third-order valence-corrected chi connectivity index (χ3v) is 4.91.